The molecule has 0 aliphatic carbocycles. The van der Waals surface area contributed by atoms with Crippen LogP contribution in [-0.2, 0) is 13.0 Å². The molecule has 23 heavy (non-hydrogen) atoms. The largest absolute Gasteiger partial charge is 0.357 e. The van der Waals surface area contributed by atoms with Gasteiger partial charge in [0.25, 0.3) is 0 Å². The van der Waals surface area contributed by atoms with Crippen LogP contribution in [0.4, 0.5) is 0 Å². The molecule has 5 nitrogen and oxygen atoms in total. The highest BCUT2D eigenvalue weighted by Gasteiger charge is 1.98. The Labute approximate surface area is 159 Å². The van der Waals surface area contributed by atoms with Crippen LogP contribution in [0.5, 0.6) is 0 Å². The molecular weight excluding hydrogens is 425 g/mol. The highest BCUT2D eigenvalue weighted by molar-refractivity contribution is 14.0. The first-order valence-electron chi connectivity index (χ1n) is 7.52. The Balaban J connectivity index is 0.00000264. The number of guanidine groups is 1. The molecule has 0 spiro atoms. The summed E-state index contributed by atoms with van der Waals surface area (Å²) >= 11 is 5.88. The number of aromatic nitrogens is 2. The van der Waals surface area contributed by atoms with Gasteiger partial charge in [0.15, 0.2) is 5.96 Å². The summed E-state index contributed by atoms with van der Waals surface area (Å²) in [5.74, 6) is 0.837. The van der Waals surface area contributed by atoms with Crippen LogP contribution in [0.25, 0.3) is 0 Å². The molecule has 2 rings (SSSR count). The van der Waals surface area contributed by atoms with Crippen molar-refractivity contribution in [2.24, 2.45) is 4.99 Å². The van der Waals surface area contributed by atoms with E-state index >= 15 is 0 Å². The Morgan fingerprint density at radius 2 is 2.04 bits per heavy atom. The van der Waals surface area contributed by atoms with Crippen molar-refractivity contribution in [2.45, 2.75) is 19.9 Å². The van der Waals surface area contributed by atoms with Crippen LogP contribution in [-0.4, -0.2) is 35.4 Å². The summed E-state index contributed by atoms with van der Waals surface area (Å²) in [6.07, 6.45) is 4.63. The zero-order valence-electron chi connectivity index (χ0n) is 13.2. The molecular formula is C16H23ClIN5. The van der Waals surface area contributed by atoms with Gasteiger partial charge in [0, 0.05) is 37.1 Å². The number of benzene rings is 1. The molecule has 2 N–H and O–H groups in total. The number of hydrogen-bond donors (Lipinski definition) is 2. The third kappa shape index (κ3) is 7.69. The minimum absolute atomic E-state index is 0. The van der Waals surface area contributed by atoms with E-state index < -0.39 is 0 Å². The molecule has 0 fully saturated rings. The van der Waals surface area contributed by atoms with Crippen LogP contribution in [0.2, 0.25) is 5.02 Å². The summed E-state index contributed by atoms with van der Waals surface area (Å²) < 4.78 is 1.89. The SMILES string of the molecule is CCNC(=NCCc1ccc(Cl)cc1)NCCn1cccn1.I. The van der Waals surface area contributed by atoms with Crippen molar-refractivity contribution in [3.8, 4) is 0 Å². The van der Waals surface area contributed by atoms with Crippen molar-refractivity contribution in [1.29, 1.82) is 0 Å². The van der Waals surface area contributed by atoms with Gasteiger partial charge in [-0.15, -0.1) is 24.0 Å². The normalized spacial score (nSPS) is 11.0. The van der Waals surface area contributed by atoms with E-state index in [1.165, 1.54) is 5.56 Å². The zero-order chi connectivity index (χ0) is 15.6. The van der Waals surface area contributed by atoms with E-state index in [0.717, 1.165) is 43.6 Å². The van der Waals surface area contributed by atoms with Crippen LogP contribution >= 0.6 is 35.6 Å². The Bertz CT molecular complexity index is 569. The van der Waals surface area contributed by atoms with Crippen molar-refractivity contribution in [3.63, 3.8) is 0 Å². The number of nitrogens with zero attached hydrogens (tertiary/aromatic N) is 3. The third-order valence-corrected chi connectivity index (χ3v) is 3.37. The molecule has 0 amide bonds. The summed E-state index contributed by atoms with van der Waals surface area (Å²) in [5, 5.41) is 11.5. The predicted molar refractivity (Wildman–Crippen MR) is 107 cm³/mol. The van der Waals surface area contributed by atoms with Gasteiger partial charge in [-0.25, -0.2) is 0 Å². The third-order valence-electron chi connectivity index (χ3n) is 3.12. The van der Waals surface area contributed by atoms with Crippen molar-refractivity contribution < 1.29 is 0 Å². The molecule has 0 bridgehead atoms. The quantitative estimate of drug-likeness (QED) is 0.390. The lowest BCUT2D eigenvalue weighted by molar-refractivity contribution is 0.598. The maximum atomic E-state index is 5.88. The van der Waals surface area contributed by atoms with Crippen LogP contribution in [0.15, 0.2) is 47.7 Å². The number of hydrogen-bond acceptors (Lipinski definition) is 2. The fourth-order valence-electron chi connectivity index (χ4n) is 2.01. The number of nitrogens with one attached hydrogen (secondary N) is 2. The Hall–Kier alpha value is -1.28. The number of aliphatic imine (C=N–C) groups is 1. The monoisotopic (exact) mass is 447 g/mol. The molecule has 0 atom stereocenters. The molecule has 126 valence electrons. The molecule has 0 radical (unpaired) electrons. The van der Waals surface area contributed by atoms with Crippen LogP contribution in [0.1, 0.15) is 12.5 Å². The van der Waals surface area contributed by atoms with Crippen LogP contribution < -0.4 is 10.6 Å². The van der Waals surface area contributed by atoms with Gasteiger partial charge in [-0.1, -0.05) is 23.7 Å². The first-order chi connectivity index (χ1) is 10.8. The molecule has 1 aromatic carbocycles. The molecule has 7 heteroatoms. The molecule has 0 aliphatic heterocycles. The van der Waals surface area contributed by atoms with Crippen molar-refractivity contribution >= 4 is 41.5 Å². The van der Waals surface area contributed by atoms with E-state index in [1.807, 2.05) is 41.2 Å². The molecule has 0 unspecified atom stereocenters. The summed E-state index contributed by atoms with van der Waals surface area (Å²) in [6.45, 7) is 5.24. The Morgan fingerprint density at radius 3 is 2.70 bits per heavy atom. The summed E-state index contributed by atoms with van der Waals surface area (Å²) in [7, 11) is 0. The first-order valence-corrected chi connectivity index (χ1v) is 7.90. The van der Waals surface area contributed by atoms with Gasteiger partial charge in [-0.3, -0.25) is 9.67 Å². The van der Waals surface area contributed by atoms with Gasteiger partial charge >= 0.3 is 0 Å². The lowest BCUT2D eigenvalue weighted by atomic mass is 10.1. The number of rotatable bonds is 7. The number of halogens is 2. The van der Waals surface area contributed by atoms with E-state index in [1.54, 1.807) is 6.20 Å². The average molecular weight is 448 g/mol. The molecule has 0 saturated carbocycles. The Morgan fingerprint density at radius 1 is 1.26 bits per heavy atom. The van der Waals surface area contributed by atoms with E-state index in [9.17, 15) is 0 Å². The molecule has 1 aromatic heterocycles. The van der Waals surface area contributed by atoms with Gasteiger partial charge in [-0.05, 0) is 37.1 Å². The lowest BCUT2D eigenvalue weighted by Crippen LogP contribution is -2.39. The second-order valence-corrected chi connectivity index (χ2v) is 5.27. The maximum absolute atomic E-state index is 5.88. The average Bonchev–Trinajstić information content (AvgIpc) is 3.02. The Kier molecular flexibility index (Phi) is 9.70. The van der Waals surface area contributed by atoms with Gasteiger partial charge < -0.3 is 10.6 Å². The molecule has 0 aliphatic rings. The van der Waals surface area contributed by atoms with Gasteiger partial charge in [0.05, 0.1) is 6.54 Å². The second kappa shape index (κ2) is 11.3. The van der Waals surface area contributed by atoms with E-state index in [0.29, 0.717) is 0 Å². The van der Waals surface area contributed by atoms with Crippen molar-refractivity contribution in [1.82, 2.24) is 20.4 Å². The summed E-state index contributed by atoms with van der Waals surface area (Å²) in [5.41, 5.74) is 1.24. The second-order valence-electron chi connectivity index (χ2n) is 4.83. The van der Waals surface area contributed by atoms with E-state index in [2.05, 4.69) is 27.6 Å². The van der Waals surface area contributed by atoms with E-state index in [4.69, 9.17) is 11.6 Å². The van der Waals surface area contributed by atoms with Gasteiger partial charge in [0.1, 0.15) is 0 Å². The molecule has 1 heterocycles. The van der Waals surface area contributed by atoms with Gasteiger partial charge in [0.2, 0.25) is 0 Å². The minimum Gasteiger partial charge on any atom is -0.357 e. The van der Waals surface area contributed by atoms with Crippen molar-refractivity contribution in [2.75, 3.05) is 19.6 Å². The maximum Gasteiger partial charge on any atom is 0.191 e. The molecule has 2 aromatic rings. The van der Waals surface area contributed by atoms with Crippen LogP contribution in [0, 0.1) is 0 Å². The minimum atomic E-state index is 0. The first kappa shape index (κ1) is 19.8. The summed E-state index contributed by atoms with van der Waals surface area (Å²) in [6, 6.07) is 9.82. The zero-order valence-corrected chi connectivity index (χ0v) is 16.3. The predicted octanol–water partition coefficient (Wildman–Crippen LogP) is 2.95. The molecule has 0 saturated heterocycles. The fraction of sp³-hybridized carbons (Fsp3) is 0.375. The standard InChI is InChI=1S/C16H22ClN5.HI/c1-2-18-16(20-11-13-22-12-3-9-21-22)19-10-8-14-4-6-15(17)7-5-14;/h3-7,9,12H,2,8,10-11,13H2,1H3,(H2,18,19,20);1H. The fourth-order valence-corrected chi connectivity index (χ4v) is 2.14. The highest BCUT2D eigenvalue weighted by Crippen LogP contribution is 2.09. The van der Waals surface area contributed by atoms with Crippen molar-refractivity contribution in [3.05, 3.63) is 53.3 Å². The smallest absolute Gasteiger partial charge is 0.191 e. The van der Waals surface area contributed by atoms with E-state index in [-0.39, 0.29) is 24.0 Å². The highest BCUT2D eigenvalue weighted by atomic mass is 127. The van der Waals surface area contributed by atoms with Crippen LogP contribution in [0.3, 0.4) is 0 Å². The van der Waals surface area contributed by atoms with Gasteiger partial charge in [-0.2, -0.15) is 5.10 Å². The lowest BCUT2D eigenvalue weighted by Gasteiger charge is -2.11. The topological polar surface area (TPSA) is 54.2 Å². The summed E-state index contributed by atoms with van der Waals surface area (Å²) in [4.78, 5) is 4.58.